The Balaban J connectivity index is 0.00000169. The number of aryl methyl sites for hydroxylation is 1. The Morgan fingerprint density at radius 3 is 2.35 bits per heavy atom. The smallest absolute Gasteiger partial charge is 0.243 e. The highest BCUT2D eigenvalue weighted by Crippen LogP contribution is 2.32. The quantitative estimate of drug-likeness (QED) is 0.796. The van der Waals surface area contributed by atoms with Crippen LogP contribution >= 0.6 is 24.8 Å². The molecule has 10 heteroatoms. The predicted octanol–water partition coefficient (Wildman–Crippen LogP) is 1.18. The largest absolute Gasteiger partial charge is 0.381 e. The first-order valence-electron chi connectivity index (χ1n) is 8.67. The van der Waals surface area contributed by atoms with Gasteiger partial charge in [0.15, 0.2) is 5.82 Å². The first-order chi connectivity index (χ1) is 11.6. The summed E-state index contributed by atoms with van der Waals surface area (Å²) in [7, 11) is 0. The van der Waals surface area contributed by atoms with Gasteiger partial charge in [-0.25, -0.2) is 0 Å². The molecule has 2 aliphatic heterocycles. The second-order valence-corrected chi connectivity index (χ2v) is 6.78. The molecular formula is C16H29Cl2N5O3. The lowest BCUT2D eigenvalue weighted by Gasteiger charge is -2.43. The number of carbonyl (C=O) groups is 1. The van der Waals surface area contributed by atoms with E-state index >= 15 is 0 Å². The number of hydrogen-bond acceptors (Lipinski definition) is 7. The Morgan fingerprint density at radius 2 is 1.85 bits per heavy atom. The Morgan fingerprint density at radius 1 is 1.23 bits per heavy atom. The fourth-order valence-corrected chi connectivity index (χ4v) is 3.55. The summed E-state index contributed by atoms with van der Waals surface area (Å²) in [4.78, 5) is 21.5. The maximum atomic E-state index is 13.0. The number of amides is 1. The number of nitrogens with zero attached hydrogens (tertiary/aromatic N) is 4. The molecule has 1 amide bonds. The molecule has 0 bridgehead atoms. The van der Waals surface area contributed by atoms with Gasteiger partial charge < -0.3 is 19.9 Å². The van der Waals surface area contributed by atoms with Gasteiger partial charge in [0.1, 0.15) is 0 Å². The highest BCUT2D eigenvalue weighted by molar-refractivity contribution is 5.85. The Bertz CT molecular complexity index is 572. The number of carbonyl (C=O) groups excluding carboxylic acids is 1. The van der Waals surface area contributed by atoms with Crippen molar-refractivity contribution in [1.82, 2.24) is 19.9 Å². The molecule has 1 aromatic rings. The van der Waals surface area contributed by atoms with Crippen LogP contribution < -0.4 is 5.73 Å². The normalized spacial score (nSPS) is 21.4. The molecule has 1 aromatic heterocycles. The van der Waals surface area contributed by atoms with E-state index in [1.54, 1.807) is 0 Å². The minimum absolute atomic E-state index is 0. The summed E-state index contributed by atoms with van der Waals surface area (Å²) in [6.45, 7) is 8.52. The average Bonchev–Trinajstić information content (AvgIpc) is 3.07. The van der Waals surface area contributed by atoms with Gasteiger partial charge in [0.05, 0.1) is 11.5 Å². The summed E-state index contributed by atoms with van der Waals surface area (Å²) in [6.07, 6.45) is 1.44. The molecule has 2 aliphatic rings. The standard InChI is InChI=1S/C16H27N5O3.2ClH/c1-12(14-18-13(2)19-24-14)20-5-7-21(8-6-20)15(22)16(11-17)3-9-23-10-4-16;;/h12H,3-11,17H2,1-2H3;2*1H. The number of piperazine rings is 1. The number of ether oxygens (including phenoxy) is 1. The first kappa shape index (κ1) is 23.1. The van der Waals surface area contributed by atoms with Gasteiger partial charge in [-0.05, 0) is 26.7 Å². The van der Waals surface area contributed by atoms with Crippen LogP contribution in [0.15, 0.2) is 4.52 Å². The van der Waals surface area contributed by atoms with E-state index in [2.05, 4.69) is 22.0 Å². The molecule has 0 aromatic carbocycles. The molecule has 0 radical (unpaired) electrons. The lowest BCUT2D eigenvalue weighted by Crippen LogP contribution is -2.56. The molecule has 1 unspecified atom stereocenters. The van der Waals surface area contributed by atoms with Gasteiger partial charge >= 0.3 is 0 Å². The van der Waals surface area contributed by atoms with Crippen LogP contribution in [-0.2, 0) is 9.53 Å². The lowest BCUT2D eigenvalue weighted by atomic mass is 9.78. The van der Waals surface area contributed by atoms with Crippen LogP contribution in [0.1, 0.15) is 37.5 Å². The third kappa shape index (κ3) is 4.67. The fraction of sp³-hybridized carbons (Fsp3) is 0.812. The summed E-state index contributed by atoms with van der Waals surface area (Å²) < 4.78 is 10.7. The molecule has 26 heavy (non-hydrogen) atoms. The zero-order valence-electron chi connectivity index (χ0n) is 15.3. The second-order valence-electron chi connectivity index (χ2n) is 6.78. The average molecular weight is 410 g/mol. The number of nitrogens with two attached hydrogens (primary N) is 1. The third-order valence-electron chi connectivity index (χ3n) is 5.34. The fourth-order valence-electron chi connectivity index (χ4n) is 3.55. The van der Waals surface area contributed by atoms with Crippen molar-refractivity contribution in [2.24, 2.45) is 11.1 Å². The van der Waals surface area contributed by atoms with Crippen molar-refractivity contribution in [1.29, 1.82) is 0 Å². The van der Waals surface area contributed by atoms with E-state index in [0.717, 1.165) is 25.9 Å². The van der Waals surface area contributed by atoms with Crippen LogP contribution in [0, 0.1) is 12.3 Å². The second kappa shape index (κ2) is 9.85. The van der Waals surface area contributed by atoms with Crippen molar-refractivity contribution in [3.63, 3.8) is 0 Å². The van der Waals surface area contributed by atoms with Crippen molar-refractivity contribution in [2.45, 2.75) is 32.7 Å². The van der Waals surface area contributed by atoms with Gasteiger partial charge in [-0.3, -0.25) is 9.69 Å². The summed E-state index contributed by atoms with van der Waals surface area (Å²) in [5.41, 5.74) is 5.52. The molecule has 8 nitrogen and oxygen atoms in total. The molecular weight excluding hydrogens is 381 g/mol. The van der Waals surface area contributed by atoms with Gasteiger partial charge in [0, 0.05) is 45.9 Å². The number of hydrogen-bond donors (Lipinski definition) is 1. The maximum Gasteiger partial charge on any atom is 0.243 e. The van der Waals surface area contributed by atoms with E-state index in [9.17, 15) is 4.79 Å². The number of aromatic nitrogens is 2. The minimum Gasteiger partial charge on any atom is -0.381 e. The van der Waals surface area contributed by atoms with Crippen LogP contribution in [0.4, 0.5) is 0 Å². The van der Waals surface area contributed by atoms with Crippen molar-refractivity contribution in [3.05, 3.63) is 11.7 Å². The Labute approximate surface area is 166 Å². The number of rotatable bonds is 4. The highest BCUT2D eigenvalue weighted by Gasteiger charge is 2.42. The molecule has 3 rings (SSSR count). The van der Waals surface area contributed by atoms with Gasteiger partial charge in [-0.1, -0.05) is 5.16 Å². The van der Waals surface area contributed by atoms with Crippen molar-refractivity contribution < 1.29 is 14.1 Å². The molecule has 0 aliphatic carbocycles. The molecule has 150 valence electrons. The minimum atomic E-state index is -0.435. The van der Waals surface area contributed by atoms with Crippen LogP contribution in [-0.4, -0.2) is 71.8 Å². The zero-order valence-corrected chi connectivity index (χ0v) is 17.0. The molecule has 0 saturated carbocycles. The van der Waals surface area contributed by atoms with Crippen molar-refractivity contribution in [3.8, 4) is 0 Å². The van der Waals surface area contributed by atoms with E-state index in [1.165, 1.54) is 0 Å². The number of halogens is 2. The van der Waals surface area contributed by atoms with E-state index in [4.69, 9.17) is 15.0 Å². The lowest BCUT2D eigenvalue weighted by molar-refractivity contribution is -0.149. The van der Waals surface area contributed by atoms with Crippen molar-refractivity contribution in [2.75, 3.05) is 45.9 Å². The van der Waals surface area contributed by atoms with Crippen LogP contribution in [0.3, 0.4) is 0 Å². The SMILES string of the molecule is Cc1noc(C(C)N2CCN(C(=O)C3(CN)CCOCC3)CC2)n1.Cl.Cl. The predicted molar refractivity (Wildman–Crippen MR) is 102 cm³/mol. The van der Waals surface area contributed by atoms with E-state index < -0.39 is 5.41 Å². The van der Waals surface area contributed by atoms with Crippen LogP contribution in [0.2, 0.25) is 0 Å². The Kier molecular flexibility index (Phi) is 8.75. The molecule has 2 fully saturated rings. The van der Waals surface area contributed by atoms with E-state index in [0.29, 0.717) is 44.6 Å². The monoisotopic (exact) mass is 409 g/mol. The maximum absolute atomic E-state index is 13.0. The van der Waals surface area contributed by atoms with E-state index in [1.807, 2.05) is 11.8 Å². The molecule has 0 spiro atoms. The topological polar surface area (TPSA) is 97.7 Å². The first-order valence-corrected chi connectivity index (χ1v) is 8.67. The summed E-state index contributed by atoms with van der Waals surface area (Å²) >= 11 is 0. The molecule has 3 heterocycles. The zero-order chi connectivity index (χ0) is 17.2. The van der Waals surface area contributed by atoms with E-state index in [-0.39, 0.29) is 36.8 Å². The van der Waals surface area contributed by atoms with Gasteiger partial charge in [-0.15, -0.1) is 24.8 Å². The van der Waals surface area contributed by atoms with Crippen molar-refractivity contribution >= 4 is 30.7 Å². The van der Waals surface area contributed by atoms with Gasteiger partial charge in [0.2, 0.25) is 11.8 Å². The molecule has 1 atom stereocenters. The highest BCUT2D eigenvalue weighted by atomic mass is 35.5. The molecule has 2 saturated heterocycles. The summed E-state index contributed by atoms with van der Waals surface area (Å²) in [6, 6.07) is 0.0648. The van der Waals surface area contributed by atoms with Crippen LogP contribution in [0.5, 0.6) is 0 Å². The summed E-state index contributed by atoms with van der Waals surface area (Å²) in [5.74, 6) is 1.47. The third-order valence-corrected chi connectivity index (χ3v) is 5.34. The molecule has 2 N–H and O–H groups in total. The van der Waals surface area contributed by atoms with Crippen LogP contribution in [0.25, 0.3) is 0 Å². The van der Waals surface area contributed by atoms with Gasteiger partial charge in [0.25, 0.3) is 0 Å². The van der Waals surface area contributed by atoms with Gasteiger partial charge in [-0.2, -0.15) is 4.98 Å². The Hall–Kier alpha value is -0.930. The summed E-state index contributed by atoms with van der Waals surface area (Å²) in [5, 5.41) is 3.85.